The summed E-state index contributed by atoms with van der Waals surface area (Å²) in [6.45, 7) is 1.38. The van der Waals surface area contributed by atoms with Crippen molar-refractivity contribution in [3.63, 3.8) is 0 Å². The van der Waals surface area contributed by atoms with Crippen LogP contribution in [0.3, 0.4) is 0 Å². The second-order valence-electron chi connectivity index (χ2n) is 5.32. The Labute approximate surface area is 133 Å². The first-order valence-corrected chi connectivity index (χ1v) is 7.29. The van der Waals surface area contributed by atoms with Gasteiger partial charge in [0, 0.05) is 32.4 Å². The lowest BCUT2D eigenvalue weighted by molar-refractivity contribution is 0.244. The van der Waals surface area contributed by atoms with Gasteiger partial charge >= 0.3 is 0 Å². The fraction of sp³-hybridized carbons (Fsp3) is 0.357. The molecule has 0 N–H and O–H groups in total. The smallest absolute Gasteiger partial charge is 0.199 e. The summed E-state index contributed by atoms with van der Waals surface area (Å²) in [6.07, 6.45) is 5.50. The molecule has 3 heterocycles. The molecule has 0 unspecified atom stereocenters. The Hall–Kier alpha value is -2.19. The zero-order chi connectivity index (χ0) is 15.7. The van der Waals surface area contributed by atoms with Crippen LogP contribution in [0.15, 0.2) is 35.2 Å². The highest BCUT2D eigenvalue weighted by molar-refractivity contribution is 7.71. The van der Waals surface area contributed by atoms with Crippen molar-refractivity contribution in [2.24, 2.45) is 14.1 Å². The summed E-state index contributed by atoms with van der Waals surface area (Å²) in [4.78, 5) is 2.13. The lowest BCUT2D eigenvalue weighted by Crippen LogP contribution is -2.22. The molecule has 3 rings (SSSR count). The molecule has 0 saturated carbocycles. The van der Waals surface area contributed by atoms with E-state index in [1.807, 2.05) is 50.2 Å². The van der Waals surface area contributed by atoms with E-state index in [2.05, 4.69) is 15.1 Å². The molecule has 7 nitrogen and oxygen atoms in total. The number of rotatable bonds is 5. The summed E-state index contributed by atoms with van der Waals surface area (Å²) in [5.74, 6) is 1.44. The molecule has 0 fully saturated rings. The van der Waals surface area contributed by atoms with Crippen LogP contribution in [-0.4, -0.2) is 36.1 Å². The quantitative estimate of drug-likeness (QED) is 0.674. The van der Waals surface area contributed by atoms with Crippen LogP contribution in [0.4, 0.5) is 0 Å². The van der Waals surface area contributed by atoms with Gasteiger partial charge in [0.05, 0.1) is 19.1 Å². The fourth-order valence-electron chi connectivity index (χ4n) is 2.34. The first-order chi connectivity index (χ1) is 10.5. The molecule has 8 heteroatoms. The Morgan fingerprint density at radius 3 is 2.82 bits per heavy atom. The van der Waals surface area contributed by atoms with Crippen LogP contribution in [0.25, 0.3) is 11.6 Å². The predicted octanol–water partition coefficient (Wildman–Crippen LogP) is 2.03. The molecule has 3 aromatic heterocycles. The Morgan fingerprint density at radius 1 is 1.36 bits per heavy atom. The standard InChI is InChI=1S/C14H18N6OS/c1-17(8-11-7-15-18(2)9-11)10-20-14(22)19(3)13(16-20)12-5-4-6-21-12/h4-7,9H,8,10H2,1-3H3. The second-order valence-corrected chi connectivity index (χ2v) is 5.69. The molecule has 0 amide bonds. The van der Waals surface area contributed by atoms with Gasteiger partial charge < -0.3 is 8.98 Å². The summed E-state index contributed by atoms with van der Waals surface area (Å²) in [7, 11) is 5.83. The van der Waals surface area contributed by atoms with E-state index in [1.165, 1.54) is 0 Å². The van der Waals surface area contributed by atoms with Crippen LogP contribution in [-0.2, 0) is 27.3 Å². The van der Waals surface area contributed by atoms with Crippen LogP contribution in [0, 0.1) is 4.77 Å². The van der Waals surface area contributed by atoms with Crippen molar-refractivity contribution < 1.29 is 4.42 Å². The monoisotopic (exact) mass is 318 g/mol. The first-order valence-electron chi connectivity index (χ1n) is 6.88. The summed E-state index contributed by atoms with van der Waals surface area (Å²) in [6, 6.07) is 3.72. The maximum atomic E-state index is 5.45. The molecular formula is C14H18N6OS. The van der Waals surface area contributed by atoms with E-state index in [-0.39, 0.29) is 0 Å². The van der Waals surface area contributed by atoms with E-state index in [0.717, 1.165) is 17.9 Å². The number of aryl methyl sites for hydroxylation is 1. The molecule has 116 valence electrons. The van der Waals surface area contributed by atoms with Crippen LogP contribution >= 0.6 is 12.2 Å². The van der Waals surface area contributed by atoms with Crippen LogP contribution in [0.1, 0.15) is 5.56 Å². The number of hydrogen-bond donors (Lipinski definition) is 0. The molecule has 0 spiro atoms. The minimum Gasteiger partial charge on any atom is -0.461 e. The summed E-state index contributed by atoms with van der Waals surface area (Å²) >= 11 is 5.45. The largest absolute Gasteiger partial charge is 0.461 e. The predicted molar refractivity (Wildman–Crippen MR) is 84.4 cm³/mol. The van der Waals surface area contributed by atoms with E-state index >= 15 is 0 Å². The normalized spacial score (nSPS) is 11.5. The maximum Gasteiger partial charge on any atom is 0.199 e. The van der Waals surface area contributed by atoms with Gasteiger partial charge in [-0.1, -0.05) is 0 Å². The Bertz CT molecular complexity index is 813. The lowest BCUT2D eigenvalue weighted by Gasteiger charge is -2.15. The van der Waals surface area contributed by atoms with Crippen LogP contribution in [0.2, 0.25) is 0 Å². The molecule has 0 aliphatic carbocycles. The number of furan rings is 1. The molecule has 0 aliphatic rings. The van der Waals surface area contributed by atoms with Crippen molar-refractivity contribution in [3.8, 4) is 11.6 Å². The SMILES string of the molecule is CN(Cc1cnn(C)c1)Cn1nc(-c2ccco2)n(C)c1=S. The lowest BCUT2D eigenvalue weighted by atomic mass is 10.3. The molecule has 0 aromatic carbocycles. The molecular weight excluding hydrogens is 300 g/mol. The molecule has 3 aromatic rings. The molecule has 0 radical (unpaired) electrons. The van der Waals surface area contributed by atoms with E-state index in [0.29, 0.717) is 17.2 Å². The minimum atomic E-state index is 0.599. The first kappa shape index (κ1) is 14.7. The van der Waals surface area contributed by atoms with Gasteiger partial charge in [-0.05, 0) is 31.4 Å². The van der Waals surface area contributed by atoms with Crippen molar-refractivity contribution in [3.05, 3.63) is 41.1 Å². The van der Waals surface area contributed by atoms with Crippen molar-refractivity contribution in [1.82, 2.24) is 29.0 Å². The third-order valence-electron chi connectivity index (χ3n) is 3.37. The minimum absolute atomic E-state index is 0.599. The Morgan fingerprint density at radius 2 is 2.18 bits per heavy atom. The molecule has 0 aliphatic heterocycles. The van der Waals surface area contributed by atoms with E-state index in [1.54, 1.807) is 15.6 Å². The van der Waals surface area contributed by atoms with Gasteiger partial charge in [0.25, 0.3) is 0 Å². The summed E-state index contributed by atoms with van der Waals surface area (Å²) in [5.41, 5.74) is 1.15. The average Bonchev–Trinajstić information content (AvgIpc) is 3.17. The third kappa shape index (κ3) is 2.88. The van der Waals surface area contributed by atoms with Crippen LogP contribution < -0.4 is 0 Å². The van der Waals surface area contributed by atoms with Gasteiger partial charge in [-0.25, -0.2) is 4.68 Å². The summed E-state index contributed by atoms with van der Waals surface area (Å²) in [5, 5.41) is 8.73. The number of nitrogens with zero attached hydrogens (tertiary/aromatic N) is 6. The van der Waals surface area contributed by atoms with Gasteiger partial charge in [0.2, 0.25) is 0 Å². The van der Waals surface area contributed by atoms with E-state index in [9.17, 15) is 0 Å². The van der Waals surface area contributed by atoms with Gasteiger partial charge in [-0.2, -0.15) is 5.10 Å². The topological polar surface area (TPSA) is 57.0 Å². The highest BCUT2D eigenvalue weighted by Crippen LogP contribution is 2.17. The Balaban J connectivity index is 1.78. The van der Waals surface area contributed by atoms with Crippen molar-refractivity contribution in [1.29, 1.82) is 0 Å². The second kappa shape index (κ2) is 5.90. The number of hydrogen-bond acceptors (Lipinski definition) is 5. The van der Waals surface area contributed by atoms with Gasteiger partial charge in [-0.15, -0.1) is 5.10 Å². The van der Waals surface area contributed by atoms with Crippen molar-refractivity contribution >= 4 is 12.2 Å². The molecule has 22 heavy (non-hydrogen) atoms. The van der Waals surface area contributed by atoms with Crippen molar-refractivity contribution in [2.75, 3.05) is 7.05 Å². The van der Waals surface area contributed by atoms with E-state index in [4.69, 9.17) is 16.6 Å². The highest BCUT2D eigenvalue weighted by atomic mass is 32.1. The van der Waals surface area contributed by atoms with Gasteiger partial charge in [0.1, 0.15) is 0 Å². The third-order valence-corrected chi connectivity index (χ3v) is 3.85. The van der Waals surface area contributed by atoms with Gasteiger partial charge in [0.15, 0.2) is 16.4 Å². The van der Waals surface area contributed by atoms with Crippen molar-refractivity contribution in [2.45, 2.75) is 13.2 Å². The zero-order valence-electron chi connectivity index (χ0n) is 12.8. The van der Waals surface area contributed by atoms with Crippen LogP contribution in [0.5, 0.6) is 0 Å². The Kier molecular flexibility index (Phi) is 3.95. The zero-order valence-corrected chi connectivity index (χ0v) is 13.6. The summed E-state index contributed by atoms with van der Waals surface area (Å²) < 4.78 is 11.5. The van der Waals surface area contributed by atoms with Gasteiger partial charge in [-0.3, -0.25) is 9.58 Å². The molecule has 0 atom stereocenters. The highest BCUT2D eigenvalue weighted by Gasteiger charge is 2.13. The molecule has 0 bridgehead atoms. The molecule has 0 saturated heterocycles. The maximum absolute atomic E-state index is 5.45. The average molecular weight is 318 g/mol. The number of aromatic nitrogens is 5. The van der Waals surface area contributed by atoms with E-state index < -0.39 is 0 Å². The fourth-order valence-corrected chi connectivity index (χ4v) is 2.53.